The molecule has 9 heteroatoms. The minimum Gasteiger partial charge on any atom is -0.362 e. The summed E-state index contributed by atoms with van der Waals surface area (Å²) in [5, 5.41) is 14.9. The van der Waals surface area contributed by atoms with E-state index in [0.717, 1.165) is 5.06 Å². The summed E-state index contributed by atoms with van der Waals surface area (Å²) in [7, 11) is 0. The van der Waals surface area contributed by atoms with E-state index in [1.165, 1.54) is 12.1 Å². The molecule has 116 valence electrons. The summed E-state index contributed by atoms with van der Waals surface area (Å²) in [4.78, 5) is 30.4. The maximum Gasteiger partial charge on any atom is 0.311 e. The van der Waals surface area contributed by atoms with Gasteiger partial charge in [0, 0.05) is 12.6 Å². The number of hydrogen-bond donors (Lipinski definition) is 1. The van der Waals surface area contributed by atoms with E-state index in [2.05, 4.69) is 10.3 Å². The number of carbonyl (C=O) groups excluding carboxylic acids is 1. The first-order chi connectivity index (χ1) is 9.73. The van der Waals surface area contributed by atoms with E-state index in [-0.39, 0.29) is 29.7 Å². The van der Waals surface area contributed by atoms with Gasteiger partial charge < -0.3 is 5.32 Å². The van der Waals surface area contributed by atoms with E-state index in [4.69, 9.17) is 16.4 Å². The second kappa shape index (κ2) is 7.19. The summed E-state index contributed by atoms with van der Waals surface area (Å²) in [6.07, 6.45) is 0.548. The minimum absolute atomic E-state index is 0.0501. The van der Waals surface area contributed by atoms with Crippen molar-refractivity contribution < 1.29 is 14.6 Å². The molecule has 21 heavy (non-hydrogen) atoms. The summed E-state index contributed by atoms with van der Waals surface area (Å²) in [6, 6.07) is 2.60. The van der Waals surface area contributed by atoms with E-state index in [9.17, 15) is 14.9 Å². The standard InChI is InChI=1S/C12H17ClN4O4/c1-12(2,3)21-16(8-18)7-6-14-11-9(17(19)20)4-5-10(13)15-11/h4-5,8H,6-7H2,1-3H3,(H,14,15). The number of halogens is 1. The summed E-state index contributed by atoms with van der Waals surface area (Å²) in [6.45, 7) is 5.84. The fraction of sp³-hybridized carbons (Fsp3) is 0.500. The Morgan fingerprint density at radius 1 is 1.52 bits per heavy atom. The molecule has 0 saturated carbocycles. The van der Waals surface area contributed by atoms with Crippen LogP contribution in [-0.4, -0.2) is 40.1 Å². The van der Waals surface area contributed by atoms with Crippen molar-refractivity contribution in [1.82, 2.24) is 10.0 Å². The first-order valence-electron chi connectivity index (χ1n) is 6.19. The van der Waals surface area contributed by atoms with Crippen LogP contribution < -0.4 is 5.32 Å². The Labute approximate surface area is 127 Å². The van der Waals surface area contributed by atoms with E-state index in [1.54, 1.807) is 20.8 Å². The number of hydroxylamine groups is 2. The van der Waals surface area contributed by atoms with Crippen LogP contribution in [0.5, 0.6) is 0 Å². The van der Waals surface area contributed by atoms with Crippen LogP contribution in [0.3, 0.4) is 0 Å². The van der Waals surface area contributed by atoms with Crippen molar-refractivity contribution in [2.24, 2.45) is 0 Å². The Kier molecular flexibility index (Phi) is 5.86. The average molecular weight is 317 g/mol. The van der Waals surface area contributed by atoms with E-state index < -0.39 is 10.5 Å². The van der Waals surface area contributed by atoms with Crippen LogP contribution in [0.25, 0.3) is 0 Å². The van der Waals surface area contributed by atoms with Crippen molar-refractivity contribution in [2.75, 3.05) is 18.4 Å². The second-order valence-electron chi connectivity index (χ2n) is 5.14. The van der Waals surface area contributed by atoms with Crippen LogP contribution in [0.2, 0.25) is 5.15 Å². The highest BCUT2D eigenvalue weighted by molar-refractivity contribution is 6.29. The van der Waals surface area contributed by atoms with Crippen LogP contribution in [-0.2, 0) is 9.63 Å². The molecule has 0 unspecified atom stereocenters. The fourth-order valence-electron chi connectivity index (χ4n) is 1.46. The number of nitrogens with one attached hydrogen (secondary N) is 1. The molecule has 0 aliphatic heterocycles. The molecular formula is C12H17ClN4O4. The van der Waals surface area contributed by atoms with Gasteiger partial charge in [-0.05, 0) is 26.8 Å². The molecule has 1 aromatic rings. The van der Waals surface area contributed by atoms with Gasteiger partial charge in [-0.2, -0.15) is 0 Å². The lowest BCUT2D eigenvalue weighted by molar-refractivity contribution is -0.384. The number of pyridine rings is 1. The minimum atomic E-state index is -0.561. The number of aromatic nitrogens is 1. The lowest BCUT2D eigenvalue weighted by Crippen LogP contribution is -2.36. The van der Waals surface area contributed by atoms with Gasteiger partial charge in [-0.1, -0.05) is 11.6 Å². The monoisotopic (exact) mass is 316 g/mol. The molecular weight excluding hydrogens is 300 g/mol. The van der Waals surface area contributed by atoms with E-state index in [1.807, 2.05) is 0 Å². The zero-order valence-electron chi connectivity index (χ0n) is 12.0. The molecule has 1 rings (SSSR count). The van der Waals surface area contributed by atoms with Gasteiger partial charge >= 0.3 is 5.69 Å². The first kappa shape index (κ1) is 17.1. The third kappa shape index (κ3) is 5.92. The molecule has 1 aromatic heterocycles. The highest BCUT2D eigenvalue weighted by Crippen LogP contribution is 2.23. The second-order valence-corrected chi connectivity index (χ2v) is 5.52. The van der Waals surface area contributed by atoms with Gasteiger partial charge in [-0.15, -0.1) is 0 Å². The zero-order chi connectivity index (χ0) is 16.0. The van der Waals surface area contributed by atoms with Gasteiger partial charge in [0.25, 0.3) is 0 Å². The summed E-state index contributed by atoms with van der Waals surface area (Å²) in [5.74, 6) is 0.0501. The summed E-state index contributed by atoms with van der Waals surface area (Å²) < 4.78 is 0. The third-order valence-electron chi connectivity index (χ3n) is 2.17. The van der Waals surface area contributed by atoms with Crippen molar-refractivity contribution in [2.45, 2.75) is 26.4 Å². The van der Waals surface area contributed by atoms with Gasteiger partial charge in [-0.25, -0.2) is 10.0 Å². The Hall–Kier alpha value is -1.93. The van der Waals surface area contributed by atoms with Crippen LogP contribution in [0.4, 0.5) is 11.5 Å². The number of nitro groups is 1. The van der Waals surface area contributed by atoms with Gasteiger partial charge in [0.2, 0.25) is 12.2 Å². The molecule has 0 aliphatic carbocycles. The topological polar surface area (TPSA) is 97.6 Å². The number of carbonyl (C=O) groups is 1. The molecule has 1 N–H and O–H groups in total. The maximum atomic E-state index is 10.9. The quantitative estimate of drug-likeness (QED) is 0.358. The molecule has 1 heterocycles. The van der Waals surface area contributed by atoms with Gasteiger partial charge in [0.05, 0.1) is 17.1 Å². The molecule has 0 radical (unpaired) electrons. The molecule has 0 bridgehead atoms. The fourth-order valence-corrected chi connectivity index (χ4v) is 1.61. The number of hydrogen-bond acceptors (Lipinski definition) is 6. The van der Waals surface area contributed by atoms with E-state index in [0.29, 0.717) is 6.41 Å². The largest absolute Gasteiger partial charge is 0.362 e. The smallest absolute Gasteiger partial charge is 0.311 e. The molecule has 0 fully saturated rings. The SMILES string of the molecule is CC(C)(C)ON(C=O)CCNc1nc(Cl)ccc1[N+](=O)[O-]. The third-order valence-corrected chi connectivity index (χ3v) is 2.38. The summed E-state index contributed by atoms with van der Waals surface area (Å²) in [5.41, 5.74) is -0.699. The van der Waals surface area contributed by atoms with Crippen LogP contribution in [0.1, 0.15) is 20.8 Å². The van der Waals surface area contributed by atoms with Gasteiger partial charge in [0.15, 0.2) is 0 Å². The first-order valence-corrected chi connectivity index (χ1v) is 6.56. The number of anilines is 1. The molecule has 1 amide bonds. The number of amides is 1. The molecule has 0 spiro atoms. The van der Waals surface area contributed by atoms with Gasteiger partial charge in [-0.3, -0.25) is 19.7 Å². The molecule has 0 saturated heterocycles. The van der Waals surface area contributed by atoms with Gasteiger partial charge in [0.1, 0.15) is 5.15 Å². The van der Waals surface area contributed by atoms with Crippen molar-refractivity contribution in [3.05, 3.63) is 27.4 Å². The predicted molar refractivity (Wildman–Crippen MR) is 78.0 cm³/mol. The average Bonchev–Trinajstić information content (AvgIpc) is 2.35. The van der Waals surface area contributed by atoms with Crippen LogP contribution in [0.15, 0.2) is 12.1 Å². The number of rotatable bonds is 7. The molecule has 0 aliphatic rings. The Bertz CT molecular complexity index is 518. The Balaban J connectivity index is 2.65. The molecule has 0 atom stereocenters. The van der Waals surface area contributed by atoms with Crippen LogP contribution in [0, 0.1) is 10.1 Å². The van der Waals surface area contributed by atoms with Crippen LogP contribution >= 0.6 is 11.6 Å². The number of nitrogens with zero attached hydrogens (tertiary/aromatic N) is 3. The zero-order valence-corrected chi connectivity index (χ0v) is 12.8. The molecule has 8 nitrogen and oxygen atoms in total. The lowest BCUT2D eigenvalue weighted by atomic mass is 10.2. The normalized spacial score (nSPS) is 11.0. The van der Waals surface area contributed by atoms with Crippen molar-refractivity contribution in [1.29, 1.82) is 0 Å². The van der Waals surface area contributed by atoms with E-state index >= 15 is 0 Å². The molecule has 0 aromatic carbocycles. The lowest BCUT2D eigenvalue weighted by Gasteiger charge is -2.26. The summed E-state index contributed by atoms with van der Waals surface area (Å²) >= 11 is 5.71. The predicted octanol–water partition coefficient (Wildman–Crippen LogP) is 2.24. The Morgan fingerprint density at radius 2 is 2.19 bits per heavy atom. The van der Waals surface area contributed by atoms with Crippen molar-refractivity contribution in [3.63, 3.8) is 0 Å². The highest BCUT2D eigenvalue weighted by Gasteiger charge is 2.18. The van der Waals surface area contributed by atoms with Crippen molar-refractivity contribution >= 4 is 29.5 Å². The highest BCUT2D eigenvalue weighted by atomic mass is 35.5. The van der Waals surface area contributed by atoms with Crippen molar-refractivity contribution in [3.8, 4) is 0 Å². The Morgan fingerprint density at radius 3 is 2.71 bits per heavy atom. The maximum absolute atomic E-state index is 10.9.